The van der Waals surface area contributed by atoms with Gasteiger partial charge in [0.2, 0.25) is 15.9 Å². The number of carbonyl (C=O) groups is 1. The van der Waals surface area contributed by atoms with E-state index < -0.39 is 10.0 Å². The molecule has 0 unspecified atom stereocenters. The Balaban J connectivity index is 1.40. The van der Waals surface area contributed by atoms with Crippen LogP contribution in [0.1, 0.15) is 10.9 Å². The van der Waals surface area contributed by atoms with Gasteiger partial charge in [-0.3, -0.25) is 9.69 Å². The summed E-state index contributed by atoms with van der Waals surface area (Å²) in [5.41, 5.74) is 0. The zero-order valence-electron chi connectivity index (χ0n) is 17.9. The van der Waals surface area contributed by atoms with Crippen LogP contribution in [0.15, 0.2) is 64.9 Å². The number of ether oxygens (including phenoxy) is 1. The lowest BCUT2D eigenvalue weighted by Gasteiger charge is -2.34. The number of hydrogen-bond donors (Lipinski definition) is 1. The number of fused-ring (bicyclic) bond motifs is 1. The first-order valence-electron chi connectivity index (χ1n) is 10.5. The highest BCUT2D eigenvalue weighted by atomic mass is 32.2. The third-order valence-corrected chi connectivity index (χ3v) is 8.42. The summed E-state index contributed by atoms with van der Waals surface area (Å²) in [4.78, 5) is 16.3. The minimum absolute atomic E-state index is 0.0465. The molecule has 9 heteroatoms. The van der Waals surface area contributed by atoms with E-state index in [0.29, 0.717) is 19.8 Å². The van der Waals surface area contributed by atoms with Crippen molar-refractivity contribution >= 4 is 38.0 Å². The van der Waals surface area contributed by atoms with Crippen LogP contribution in [-0.4, -0.2) is 70.0 Å². The molecular weight excluding hydrogens is 446 g/mol. The normalized spacial score (nSPS) is 16.3. The van der Waals surface area contributed by atoms with E-state index in [4.69, 9.17) is 4.74 Å². The summed E-state index contributed by atoms with van der Waals surface area (Å²) >= 11 is 1.65. The van der Waals surface area contributed by atoms with Crippen LogP contribution in [0.25, 0.3) is 10.8 Å². The smallest absolute Gasteiger partial charge is 0.243 e. The first-order chi connectivity index (χ1) is 15.4. The molecule has 1 amide bonds. The van der Waals surface area contributed by atoms with Crippen molar-refractivity contribution < 1.29 is 17.9 Å². The van der Waals surface area contributed by atoms with Gasteiger partial charge in [-0.1, -0.05) is 36.4 Å². The average Bonchev–Trinajstić information content (AvgIpc) is 3.34. The van der Waals surface area contributed by atoms with Crippen LogP contribution in [0.4, 0.5) is 0 Å². The Labute approximate surface area is 192 Å². The van der Waals surface area contributed by atoms with Gasteiger partial charge in [-0.15, -0.1) is 11.3 Å². The fourth-order valence-corrected chi connectivity index (χ4v) is 5.86. The molecule has 0 spiro atoms. The molecule has 2 heterocycles. The highest BCUT2D eigenvalue weighted by Gasteiger charge is 2.26. The van der Waals surface area contributed by atoms with Gasteiger partial charge in [0, 0.05) is 31.6 Å². The van der Waals surface area contributed by atoms with Gasteiger partial charge in [-0.25, -0.2) is 8.42 Å². The summed E-state index contributed by atoms with van der Waals surface area (Å²) in [7, 11) is -2.35. The van der Waals surface area contributed by atoms with Crippen LogP contribution < -0.4 is 5.32 Å². The van der Waals surface area contributed by atoms with E-state index in [1.54, 1.807) is 29.5 Å². The molecule has 0 radical (unpaired) electrons. The summed E-state index contributed by atoms with van der Waals surface area (Å²) < 4.78 is 32.6. The Kier molecular flexibility index (Phi) is 7.22. The molecule has 1 N–H and O–H groups in total. The second kappa shape index (κ2) is 10.1. The molecule has 0 bridgehead atoms. The van der Waals surface area contributed by atoms with Crippen LogP contribution >= 0.6 is 11.3 Å². The zero-order chi connectivity index (χ0) is 22.6. The molecule has 1 aliphatic heterocycles. The van der Waals surface area contributed by atoms with Gasteiger partial charge >= 0.3 is 0 Å². The lowest BCUT2D eigenvalue weighted by molar-refractivity contribution is -0.121. The number of thiophene rings is 1. The molecule has 2 aromatic carbocycles. The molecule has 0 aliphatic carbocycles. The van der Waals surface area contributed by atoms with Crippen molar-refractivity contribution in [3.63, 3.8) is 0 Å². The Morgan fingerprint density at radius 1 is 1.12 bits per heavy atom. The number of hydrogen-bond acceptors (Lipinski definition) is 6. The highest BCUT2D eigenvalue weighted by molar-refractivity contribution is 7.89. The van der Waals surface area contributed by atoms with Crippen molar-refractivity contribution in [1.82, 2.24) is 14.5 Å². The van der Waals surface area contributed by atoms with Crippen molar-refractivity contribution in [2.24, 2.45) is 0 Å². The third kappa shape index (κ3) is 5.19. The van der Waals surface area contributed by atoms with Crippen molar-refractivity contribution in [1.29, 1.82) is 0 Å². The summed E-state index contributed by atoms with van der Waals surface area (Å²) in [6, 6.07) is 16.7. The van der Waals surface area contributed by atoms with Gasteiger partial charge in [-0.05, 0) is 34.4 Å². The molecule has 0 saturated carbocycles. The summed E-state index contributed by atoms with van der Waals surface area (Å²) in [5, 5.41) is 6.76. The molecule has 170 valence electrons. The number of carbonyl (C=O) groups excluding carboxylic acids is 1. The molecule has 1 atom stereocenters. The lowest BCUT2D eigenvalue weighted by Crippen LogP contribution is -2.45. The van der Waals surface area contributed by atoms with Crippen LogP contribution in [-0.2, 0) is 19.6 Å². The quantitative estimate of drug-likeness (QED) is 0.544. The molecule has 1 aromatic heterocycles. The predicted octanol–water partition coefficient (Wildman–Crippen LogP) is 2.71. The van der Waals surface area contributed by atoms with Crippen molar-refractivity contribution in [3.8, 4) is 0 Å². The van der Waals surface area contributed by atoms with E-state index in [1.807, 2.05) is 35.7 Å². The minimum atomic E-state index is -3.78. The van der Waals surface area contributed by atoms with E-state index in [2.05, 4.69) is 16.3 Å². The van der Waals surface area contributed by atoms with Gasteiger partial charge in [0.05, 0.1) is 30.7 Å². The number of morpholine rings is 1. The molecule has 4 rings (SSSR count). The molecule has 1 saturated heterocycles. The van der Waals surface area contributed by atoms with Gasteiger partial charge in [0.25, 0.3) is 0 Å². The summed E-state index contributed by atoms with van der Waals surface area (Å²) in [6.45, 7) is 3.12. The zero-order valence-corrected chi connectivity index (χ0v) is 19.6. The molecule has 7 nitrogen and oxygen atoms in total. The molecule has 3 aromatic rings. The molecule has 1 fully saturated rings. The average molecular weight is 474 g/mol. The van der Waals surface area contributed by atoms with Crippen molar-refractivity contribution in [2.75, 3.05) is 46.4 Å². The maximum atomic E-state index is 13.0. The standard InChI is InChI=1S/C23H27N3O4S2/c1-25(32(28,29)20-9-8-18-5-2-3-6-19(18)15-20)17-23(27)24-16-21(22-7-4-14-31-22)26-10-12-30-13-11-26/h2-9,14-15,21H,10-13,16-17H2,1H3,(H,24,27)/t21-/m0/s1. The van der Waals surface area contributed by atoms with Crippen LogP contribution in [0, 0.1) is 0 Å². The van der Waals surface area contributed by atoms with Crippen LogP contribution in [0.2, 0.25) is 0 Å². The summed E-state index contributed by atoms with van der Waals surface area (Å²) in [5.74, 6) is -0.327. The van der Waals surface area contributed by atoms with Gasteiger partial charge in [0.15, 0.2) is 0 Å². The second-order valence-electron chi connectivity index (χ2n) is 7.75. The number of benzene rings is 2. The predicted molar refractivity (Wildman–Crippen MR) is 126 cm³/mol. The number of sulfonamides is 1. The molecular formula is C23H27N3O4S2. The van der Waals surface area contributed by atoms with Crippen molar-refractivity contribution in [3.05, 3.63) is 64.9 Å². The van der Waals surface area contributed by atoms with Crippen molar-refractivity contribution in [2.45, 2.75) is 10.9 Å². The number of amides is 1. The number of nitrogens with one attached hydrogen (secondary N) is 1. The number of likely N-dealkylation sites (N-methyl/N-ethyl adjacent to an activating group) is 1. The van der Waals surface area contributed by atoms with Crippen LogP contribution in [0.5, 0.6) is 0 Å². The first-order valence-corrected chi connectivity index (χ1v) is 12.8. The maximum absolute atomic E-state index is 13.0. The lowest BCUT2D eigenvalue weighted by atomic mass is 10.1. The number of rotatable bonds is 8. The van der Waals surface area contributed by atoms with E-state index in [1.165, 1.54) is 11.9 Å². The number of nitrogens with zero attached hydrogens (tertiary/aromatic N) is 2. The highest BCUT2D eigenvalue weighted by Crippen LogP contribution is 2.25. The largest absolute Gasteiger partial charge is 0.379 e. The fraction of sp³-hybridized carbons (Fsp3) is 0.348. The molecule has 32 heavy (non-hydrogen) atoms. The monoisotopic (exact) mass is 473 g/mol. The van der Waals surface area contributed by atoms with E-state index in [0.717, 1.165) is 28.2 Å². The van der Waals surface area contributed by atoms with Gasteiger partial charge in [-0.2, -0.15) is 4.31 Å². The Morgan fingerprint density at radius 2 is 1.88 bits per heavy atom. The van der Waals surface area contributed by atoms with E-state index in [-0.39, 0.29) is 23.4 Å². The fourth-order valence-electron chi connectivity index (χ4n) is 3.84. The maximum Gasteiger partial charge on any atom is 0.243 e. The third-order valence-electron chi connectivity index (χ3n) is 5.65. The van der Waals surface area contributed by atoms with Crippen LogP contribution in [0.3, 0.4) is 0 Å². The molecule has 1 aliphatic rings. The topological polar surface area (TPSA) is 79.0 Å². The Hall–Kier alpha value is -2.30. The minimum Gasteiger partial charge on any atom is -0.379 e. The SMILES string of the molecule is CN(CC(=O)NC[C@@H](c1cccs1)N1CCOCC1)S(=O)(=O)c1ccc2ccccc2c1. The first kappa shape index (κ1) is 22.9. The van der Waals surface area contributed by atoms with E-state index in [9.17, 15) is 13.2 Å². The Bertz CT molecular complexity index is 1160. The Morgan fingerprint density at radius 3 is 2.59 bits per heavy atom. The summed E-state index contributed by atoms with van der Waals surface area (Å²) in [6.07, 6.45) is 0. The van der Waals surface area contributed by atoms with Gasteiger partial charge in [0.1, 0.15) is 0 Å². The van der Waals surface area contributed by atoms with Gasteiger partial charge < -0.3 is 10.1 Å². The second-order valence-corrected chi connectivity index (χ2v) is 10.8. The van der Waals surface area contributed by atoms with E-state index >= 15 is 0 Å².